The van der Waals surface area contributed by atoms with Crippen LogP contribution >= 0.6 is 0 Å². The van der Waals surface area contributed by atoms with Gasteiger partial charge in [-0.2, -0.15) is 0 Å². The molecule has 0 saturated carbocycles. The van der Waals surface area contributed by atoms with Crippen LogP contribution in [0.5, 0.6) is 0 Å². The first-order chi connectivity index (χ1) is 16.7. The van der Waals surface area contributed by atoms with Crippen molar-refractivity contribution in [1.29, 1.82) is 0 Å². The second-order valence-corrected chi connectivity index (χ2v) is 8.24. The highest BCUT2D eigenvalue weighted by Gasteiger charge is 2.17. The molecule has 1 unspecified atom stereocenters. The van der Waals surface area contributed by atoms with Crippen molar-refractivity contribution in [2.24, 2.45) is 0 Å². The molecule has 0 radical (unpaired) electrons. The van der Waals surface area contributed by atoms with Crippen LogP contribution in [0.4, 0.5) is 30.6 Å². The van der Waals surface area contributed by atoms with Crippen molar-refractivity contribution in [2.45, 2.75) is 18.9 Å². The van der Waals surface area contributed by atoms with E-state index in [0.717, 1.165) is 25.1 Å². The SMILES string of the molecule is CN(C)CCCC(NC(=O)Nc1ccc(F)c(F)c1)c1ccc(C(=O)Nc2ccccc2N)nc1. The lowest BCUT2D eigenvalue weighted by Crippen LogP contribution is -2.33. The highest BCUT2D eigenvalue weighted by molar-refractivity contribution is 6.04. The number of benzene rings is 2. The Morgan fingerprint density at radius 2 is 1.80 bits per heavy atom. The average Bonchev–Trinajstić information content (AvgIpc) is 2.82. The Kier molecular flexibility index (Phi) is 8.69. The second-order valence-electron chi connectivity index (χ2n) is 8.24. The maximum absolute atomic E-state index is 13.5. The smallest absolute Gasteiger partial charge is 0.319 e. The molecule has 3 amide bonds. The van der Waals surface area contributed by atoms with Crippen molar-refractivity contribution < 1.29 is 18.4 Å². The molecule has 184 valence electrons. The molecular weight excluding hydrogens is 454 g/mol. The van der Waals surface area contributed by atoms with Crippen molar-refractivity contribution in [1.82, 2.24) is 15.2 Å². The minimum atomic E-state index is -1.05. The quantitative estimate of drug-likeness (QED) is 0.338. The Balaban J connectivity index is 1.70. The van der Waals surface area contributed by atoms with Crippen LogP contribution in [0.1, 0.15) is 34.9 Å². The van der Waals surface area contributed by atoms with Gasteiger partial charge in [-0.05, 0) is 69.4 Å². The van der Waals surface area contributed by atoms with Gasteiger partial charge in [0.25, 0.3) is 5.91 Å². The number of nitrogens with one attached hydrogen (secondary N) is 3. The van der Waals surface area contributed by atoms with Gasteiger partial charge in [-0.1, -0.05) is 18.2 Å². The number of nitrogens with two attached hydrogens (primary N) is 1. The van der Waals surface area contributed by atoms with Gasteiger partial charge < -0.3 is 26.6 Å². The molecule has 3 rings (SSSR count). The van der Waals surface area contributed by atoms with Crippen molar-refractivity contribution in [3.05, 3.63) is 83.7 Å². The first-order valence-electron chi connectivity index (χ1n) is 11.0. The number of urea groups is 1. The van der Waals surface area contributed by atoms with E-state index in [-0.39, 0.29) is 11.4 Å². The van der Waals surface area contributed by atoms with Crippen LogP contribution in [0, 0.1) is 11.6 Å². The summed E-state index contributed by atoms with van der Waals surface area (Å²) >= 11 is 0. The predicted octanol–water partition coefficient (Wildman–Crippen LogP) is 4.40. The number of hydrogen-bond acceptors (Lipinski definition) is 5. The first kappa shape index (κ1) is 25.6. The number of nitrogens with zero attached hydrogens (tertiary/aromatic N) is 2. The Hall–Kier alpha value is -4.05. The number of amides is 3. The van der Waals surface area contributed by atoms with Gasteiger partial charge in [0.05, 0.1) is 17.4 Å². The first-order valence-corrected chi connectivity index (χ1v) is 11.0. The molecule has 35 heavy (non-hydrogen) atoms. The van der Waals surface area contributed by atoms with E-state index in [2.05, 4.69) is 20.9 Å². The minimum absolute atomic E-state index is 0.124. The van der Waals surface area contributed by atoms with Crippen LogP contribution < -0.4 is 21.7 Å². The van der Waals surface area contributed by atoms with E-state index >= 15 is 0 Å². The molecule has 0 aliphatic rings. The molecular formula is C25H28F2N6O2. The standard InChI is InChI=1S/C25H28F2N6O2/c1-33(2)13-5-8-21(32-25(35)30-17-10-11-18(26)19(27)14-17)16-9-12-23(29-15-16)24(34)31-22-7-4-3-6-20(22)28/h3-4,6-7,9-12,14-15,21H,5,8,13,28H2,1-2H3,(H,31,34)(H2,30,32,35). The Bertz CT molecular complexity index is 1170. The number of hydrogen-bond donors (Lipinski definition) is 4. The van der Waals surface area contributed by atoms with Crippen molar-refractivity contribution in [3.8, 4) is 0 Å². The van der Waals surface area contributed by atoms with Gasteiger partial charge in [0.15, 0.2) is 11.6 Å². The minimum Gasteiger partial charge on any atom is -0.397 e. The monoisotopic (exact) mass is 482 g/mol. The summed E-state index contributed by atoms with van der Waals surface area (Å²) in [4.78, 5) is 31.4. The van der Waals surface area contributed by atoms with Gasteiger partial charge in [-0.15, -0.1) is 0 Å². The Morgan fingerprint density at radius 3 is 2.46 bits per heavy atom. The van der Waals surface area contributed by atoms with Crippen molar-refractivity contribution >= 4 is 29.0 Å². The number of pyridine rings is 1. The Labute approximate surface area is 202 Å². The Morgan fingerprint density at radius 1 is 1.03 bits per heavy atom. The predicted molar refractivity (Wildman–Crippen MR) is 132 cm³/mol. The van der Waals surface area contributed by atoms with Crippen molar-refractivity contribution in [2.75, 3.05) is 37.0 Å². The van der Waals surface area contributed by atoms with Gasteiger partial charge in [0.1, 0.15) is 5.69 Å². The molecule has 8 nitrogen and oxygen atoms in total. The second kappa shape index (κ2) is 11.9. The normalized spacial score (nSPS) is 11.7. The molecule has 5 N–H and O–H groups in total. The van der Waals surface area contributed by atoms with Crippen LogP contribution in [0.15, 0.2) is 60.8 Å². The van der Waals surface area contributed by atoms with Gasteiger partial charge in [0.2, 0.25) is 0 Å². The third-order valence-corrected chi connectivity index (χ3v) is 5.21. The molecule has 0 spiro atoms. The lowest BCUT2D eigenvalue weighted by molar-refractivity contribution is 0.102. The molecule has 0 bridgehead atoms. The third-order valence-electron chi connectivity index (χ3n) is 5.21. The number of carbonyl (C=O) groups excluding carboxylic acids is 2. The lowest BCUT2D eigenvalue weighted by Gasteiger charge is -2.21. The number of para-hydroxylation sites is 2. The van der Waals surface area contributed by atoms with E-state index in [4.69, 9.17) is 5.73 Å². The van der Waals surface area contributed by atoms with Gasteiger partial charge in [-0.3, -0.25) is 9.78 Å². The zero-order chi connectivity index (χ0) is 25.4. The van der Waals surface area contributed by atoms with Crippen molar-refractivity contribution in [3.63, 3.8) is 0 Å². The number of carbonyl (C=O) groups is 2. The molecule has 0 saturated heterocycles. The fraction of sp³-hybridized carbons (Fsp3) is 0.240. The number of halogens is 2. The maximum atomic E-state index is 13.5. The summed E-state index contributed by atoms with van der Waals surface area (Å²) in [5.74, 6) is -2.47. The van der Waals surface area contributed by atoms with Gasteiger partial charge in [-0.25, -0.2) is 13.6 Å². The third kappa shape index (κ3) is 7.47. The fourth-order valence-electron chi connectivity index (χ4n) is 3.38. The summed E-state index contributed by atoms with van der Waals surface area (Å²) in [5.41, 5.74) is 7.81. The summed E-state index contributed by atoms with van der Waals surface area (Å²) in [6, 6.07) is 12.3. The van der Waals surface area contributed by atoms with Gasteiger partial charge >= 0.3 is 6.03 Å². The van der Waals surface area contributed by atoms with E-state index in [9.17, 15) is 18.4 Å². The highest BCUT2D eigenvalue weighted by atomic mass is 19.2. The fourth-order valence-corrected chi connectivity index (χ4v) is 3.38. The summed E-state index contributed by atoms with van der Waals surface area (Å²) in [6.45, 7) is 0.801. The largest absolute Gasteiger partial charge is 0.397 e. The topological polar surface area (TPSA) is 112 Å². The van der Waals surface area contributed by atoms with E-state index in [0.29, 0.717) is 23.4 Å². The van der Waals surface area contributed by atoms with Crippen LogP contribution in [0.3, 0.4) is 0 Å². The highest BCUT2D eigenvalue weighted by Crippen LogP contribution is 2.21. The number of nitrogen functional groups attached to an aromatic ring is 1. The summed E-state index contributed by atoms with van der Waals surface area (Å²) < 4.78 is 26.6. The van der Waals surface area contributed by atoms with E-state index in [1.165, 1.54) is 12.3 Å². The lowest BCUT2D eigenvalue weighted by atomic mass is 10.0. The molecule has 3 aromatic rings. The molecule has 10 heteroatoms. The van der Waals surface area contributed by atoms with Crippen LogP contribution in [0.25, 0.3) is 0 Å². The molecule has 0 aliphatic heterocycles. The summed E-state index contributed by atoms with van der Waals surface area (Å²) in [7, 11) is 3.90. The molecule has 1 atom stereocenters. The van der Waals surface area contributed by atoms with Gasteiger partial charge in [0, 0.05) is 18.0 Å². The zero-order valence-electron chi connectivity index (χ0n) is 19.5. The number of rotatable bonds is 9. The molecule has 1 heterocycles. The average molecular weight is 483 g/mol. The molecule has 1 aromatic heterocycles. The van der Waals surface area contributed by atoms with Crippen LogP contribution in [0.2, 0.25) is 0 Å². The van der Waals surface area contributed by atoms with E-state index in [1.807, 2.05) is 19.0 Å². The molecule has 0 aliphatic carbocycles. The van der Waals surface area contributed by atoms with Crippen LogP contribution in [-0.4, -0.2) is 42.5 Å². The molecule has 0 fully saturated rings. The van der Waals surface area contributed by atoms with E-state index < -0.39 is 29.6 Å². The number of aromatic nitrogens is 1. The molecule has 2 aromatic carbocycles. The number of anilines is 3. The van der Waals surface area contributed by atoms with Crippen LogP contribution in [-0.2, 0) is 0 Å². The summed E-state index contributed by atoms with van der Waals surface area (Å²) in [5, 5.41) is 8.07. The summed E-state index contributed by atoms with van der Waals surface area (Å²) in [6.07, 6.45) is 2.90. The maximum Gasteiger partial charge on any atom is 0.319 e. The van der Waals surface area contributed by atoms with E-state index in [1.54, 1.807) is 36.4 Å². The zero-order valence-corrected chi connectivity index (χ0v) is 19.5.